The van der Waals surface area contributed by atoms with E-state index in [9.17, 15) is 9.18 Å². The van der Waals surface area contributed by atoms with Gasteiger partial charge in [0, 0.05) is 4.88 Å². The minimum absolute atomic E-state index is 0.0683. The van der Waals surface area contributed by atoms with E-state index in [1.165, 1.54) is 17.8 Å². The number of halogens is 1. The maximum absolute atomic E-state index is 14.6. The molecule has 0 aliphatic rings. The lowest BCUT2D eigenvalue weighted by atomic mass is 10.3. The predicted molar refractivity (Wildman–Crippen MR) is 126 cm³/mol. The summed E-state index contributed by atoms with van der Waals surface area (Å²) in [6.45, 7) is 0.539. The molecule has 2 aromatic carbocycles. The molecule has 2 aromatic heterocycles. The smallest absolute Gasteiger partial charge is 0.230 e. The topological polar surface area (TPSA) is 78.3 Å². The molecular formula is C23H21FN4O3S2. The Morgan fingerprint density at radius 1 is 1.09 bits per heavy atom. The van der Waals surface area contributed by atoms with Crippen LogP contribution in [0.15, 0.2) is 71.2 Å². The Hall–Kier alpha value is -3.37. The number of hydrogen-bond donors (Lipinski definition) is 1. The van der Waals surface area contributed by atoms with Gasteiger partial charge in [0.15, 0.2) is 11.0 Å². The van der Waals surface area contributed by atoms with Gasteiger partial charge in [-0.15, -0.1) is 21.5 Å². The lowest BCUT2D eigenvalue weighted by Gasteiger charge is -2.12. The second-order valence-corrected chi connectivity index (χ2v) is 8.77. The molecule has 0 atom stereocenters. The Labute approximate surface area is 198 Å². The van der Waals surface area contributed by atoms with Crippen molar-refractivity contribution in [1.82, 2.24) is 20.1 Å². The van der Waals surface area contributed by atoms with Crippen LogP contribution in [0.3, 0.4) is 0 Å². The Morgan fingerprint density at radius 3 is 2.61 bits per heavy atom. The van der Waals surface area contributed by atoms with Crippen molar-refractivity contribution >= 4 is 29.0 Å². The van der Waals surface area contributed by atoms with Gasteiger partial charge in [0.25, 0.3) is 0 Å². The summed E-state index contributed by atoms with van der Waals surface area (Å²) in [4.78, 5) is 13.4. The van der Waals surface area contributed by atoms with E-state index in [2.05, 4.69) is 15.5 Å². The van der Waals surface area contributed by atoms with Crippen LogP contribution in [0.1, 0.15) is 10.7 Å². The predicted octanol–water partition coefficient (Wildman–Crippen LogP) is 4.46. The first kappa shape index (κ1) is 22.8. The molecule has 0 saturated carbocycles. The first-order chi connectivity index (χ1) is 16.1. The summed E-state index contributed by atoms with van der Waals surface area (Å²) in [6.07, 6.45) is 0. The second-order valence-electron chi connectivity index (χ2n) is 6.79. The van der Waals surface area contributed by atoms with E-state index >= 15 is 0 Å². The average molecular weight is 485 g/mol. The Kier molecular flexibility index (Phi) is 7.59. The summed E-state index contributed by atoms with van der Waals surface area (Å²) in [5.74, 6) is 1.29. The fourth-order valence-electron chi connectivity index (χ4n) is 2.96. The summed E-state index contributed by atoms with van der Waals surface area (Å²) < 4.78 is 27.2. The third-order valence-corrected chi connectivity index (χ3v) is 6.40. The Bertz CT molecular complexity index is 1200. The van der Waals surface area contributed by atoms with Gasteiger partial charge in [0.1, 0.15) is 23.9 Å². The fourth-order valence-corrected chi connectivity index (χ4v) is 4.40. The maximum Gasteiger partial charge on any atom is 0.230 e. The molecule has 0 spiro atoms. The van der Waals surface area contributed by atoms with E-state index in [1.54, 1.807) is 65.5 Å². The molecule has 7 nitrogen and oxygen atoms in total. The highest BCUT2D eigenvalue weighted by Crippen LogP contribution is 2.25. The maximum atomic E-state index is 14.6. The van der Waals surface area contributed by atoms with Crippen molar-refractivity contribution < 1.29 is 18.7 Å². The molecule has 0 unspecified atom stereocenters. The van der Waals surface area contributed by atoms with Gasteiger partial charge in [-0.2, -0.15) is 0 Å². The zero-order valence-corrected chi connectivity index (χ0v) is 19.4. The van der Waals surface area contributed by atoms with Crippen LogP contribution in [0.4, 0.5) is 4.39 Å². The summed E-state index contributed by atoms with van der Waals surface area (Å²) in [5.41, 5.74) is 0.289. The molecule has 0 saturated heterocycles. The first-order valence-electron chi connectivity index (χ1n) is 10.0. The summed E-state index contributed by atoms with van der Waals surface area (Å²) in [5, 5.41) is 13.6. The summed E-state index contributed by atoms with van der Waals surface area (Å²) in [7, 11) is 1.59. The van der Waals surface area contributed by atoms with Gasteiger partial charge < -0.3 is 14.8 Å². The highest BCUT2D eigenvalue weighted by atomic mass is 32.2. The molecule has 2 heterocycles. The number of para-hydroxylation sites is 1. The summed E-state index contributed by atoms with van der Waals surface area (Å²) >= 11 is 2.76. The van der Waals surface area contributed by atoms with E-state index in [0.717, 1.165) is 4.88 Å². The van der Waals surface area contributed by atoms with Crippen molar-refractivity contribution in [2.75, 3.05) is 12.9 Å². The molecule has 4 rings (SSSR count). The van der Waals surface area contributed by atoms with E-state index in [-0.39, 0.29) is 24.0 Å². The van der Waals surface area contributed by atoms with Crippen LogP contribution in [0.25, 0.3) is 5.69 Å². The molecule has 10 heteroatoms. The van der Waals surface area contributed by atoms with Crippen LogP contribution in [-0.4, -0.2) is 33.5 Å². The highest BCUT2D eigenvalue weighted by molar-refractivity contribution is 7.99. The molecule has 170 valence electrons. The van der Waals surface area contributed by atoms with Crippen LogP contribution in [0.5, 0.6) is 11.5 Å². The van der Waals surface area contributed by atoms with Crippen LogP contribution in [-0.2, 0) is 17.9 Å². The standard InChI is InChI=1S/C23H21FN4O3S2/c1-30-16-8-10-17(11-9-16)31-14-21-26-27-23(28(21)20-7-3-2-6-19(20)24)33-15-22(29)25-13-18-5-4-12-32-18/h2-12H,13-15H2,1H3,(H,25,29). The van der Waals surface area contributed by atoms with Gasteiger partial charge >= 0.3 is 0 Å². The minimum Gasteiger partial charge on any atom is -0.497 e. The van der Waals surface area contributed by atoms with Crippen molar-refractivity contribution in [3.63, 3.8) is 0 Å². The number of nitrogens with zero attached hydrogens (tertiary/aromatic N) is 3. The molecule has 1 N–H and O–H groups in total. The molecule has 1 amide bonds. The molecule has 0 bridgehead atoms. The van der Waals surface area contributed by atoms with Crippen LogP contribution >= 0.6 is 23.1 Å². The van der Waals surface area contributed by atoms with Crippen molar-refractivity contribution in [1.29, 1.82) is 0 Å². The van der Waals surface area contributed by atoms with E-state index < -0.39 is 5.82 Å². The lowest BCUT2D eigenvalue weighted by molar-refractivity contribution is -0.118. The van der Waals surface area contributed by atoms with Gasteiger partial charge in [-0.05, 0) is 47.8 Å². The average Bonchev–Trinajstić information content (AvgIpc) is 3.51. The van der Waals surface area contributed by atoms with Crippen molar-refractivity contribution in [3.05, 3.63) is 82.6 Å². The quantitative estimate of drug-likeness (QED) is 0.335. The van der Waals surface area contributed by atoms with E-state index in [4.69, 9.17) is 9.47 Å². The van der Waals surface area contributed by atoms with Crippen molar-refractivity contribution in [2.24, 2.45) is 0 Å². The number of ether oxygens (including phenoxy) is 2. The van der Waals surface area contributed by atoms with E-state index in [0.29, 0.717) is 29.0 Å². The molecule has 0 aliphatic heterocycles. The number of methoxy groups -OCH3 is 1. The molecule has 4 aromatic rings. The Balaban J connectivity index is 1.48. The second kappa shape index (κ2) is 11.0. The van der Waals surface area contributed by atoms with Gasteiger partial charge in [0.2, 0.25) is 5.91 Å². The number of thiophene rings is 1. The number of carbonyl (C=O) groups is 1. The lowest BCUT2D eigenvalue weighted by Crippen LogP contribution is -2.24. The molecule has 33 heavy (non-hydrogen) atoms. The van der Waals surface area contributed by atoms with Crippen molar-refractivity contribution in [2.45, 2.75) is 18.3 Å². The van der Waals surface area contributed by atoms with Crippen LogP contribution in [0, 0.1) is 5.82 Å². The first-order valence-corrected chi connectivity index (χ1v) is 11.9. The van der Waals surface area contributed by atoms with Gasteiger partial charge in [-0.1, -0.05) is 30.0 Å². The highest BCUT2D eigenvalue weighted by Gasteiger charge is 2.19. The molecular weight excluding hydrogens is 463 g/mol. The van der Waals surface area contributed by atoms with Crippen LogP contribution < -0.4 is 14.8 Å². The molecule has 0 radical (unpaired) electrons. The Morgan fingerprint density at radius 2 is 1.88 bits per heavy atom. The monoisotopic (exact) mass is 484 g/mol. The third kappa shape index (κ3) is 5.91. The number of carbonyl (C=O) groups excluding carboxylic acids is 1. The number of thioether (sulfide) groups is 1. The van der Waals surface area contributed by atoms with Gasteiger partial charge in [-0.25, -0.2) is 4.39 Å². The van der Waals surface area contributed by atoms with Gasteiger partial charge in [-0.3, -0.25) is 9.36 Å². The summed E-state index contributed by atoms with van der Waals surface area (Å²) in [6, 6.07) is 17.4. The fraction of sp³-hybridized carbons (Fsp3) is 0.174. The zero-order chi connectivity index (χ0) is 23.0. The van der Waals surface area contributed by atoms with Gasteiger partial charge in [0.05, 0.1) is 25.1 Å². The number of nitrogens with one attached hydrogen (secondary N) is 1. The zero-order valence-electron chi connectivity index (χ0n) is 17.7. The molecule has 0 fully saturated rings. The van der Waals surface area contributed by atoms with E-state index in [1.807, 2.05) is 17.5 Å². The molecule has 0 aliphatic carbocycles. The number of benzene rings is 2. The number of aromatic nitrogens is 3. The normalized spacial score (nSPS) is 10.7. The SMILES string of the molecule is COc1ccc(OCc2nnc(SCC(=O)NCc3cccs3)n2-c2ccccc2F)cc1. The van der Waals surface area contributed by atoms with Crippen molar-refractivity contribution in [3.8, 4) is 17.2 Å². The third-order valence-electron chi connectivity index (χ3n) is 4.59. The largest absolute Gasteiger partial charge is 0.497 e. The minimum atomic E-state index is -0.424. The number of rotatable bonds is 10. The van der Waals surface area contributed by atoms with Crippen LogP contribution in [0.2, 0.25) is 0 Å². The number of amides is 1. The number of hydrogen-bond acceptors (Lipinski definition) is 7.